The van der Waals surface area contributed by atoms with Gasteiger partial charge in [0.25, 0.3) is 0 Å². The lowest BCUT2D eigenvalue weighted by molar-refractivity contribution is -0.133. The summed E-state index contributed by atoms with van der Waals surface area (Å²) in [6.07, 6.45) is 0.410. The van der Waals surface area contributed by atoms with Gasteiger partial charge in [0.2, 0.25) is 5.91 Å². The lowest BCUT2D eigenvalue weighted by Crippen LogP contribution is -2.49. The van der Waals surface area contributed by atoms with Gasteiger partial charge in [0.1, 0.15) is 0 Å². The molecule has 2 aromatic rings. The zero-order valence-electron chi connectivity index (χ0n) is 14.9. The van der Waals surface area contributed by atoms with E-state index in [9.17, 15) is 4.79 Å². The van der Waals surface area contributed by atoms with E-state index in [1.54, 1.807) is 0 Å². The molecule has 1 atom stereocenters. The maximum atomic E-state index is 12.9. The Balaban J connectivity index is 1.74. The molecule has 1 heterocycles. The molecule has 138 valence electrons. The van der Waals surface area contributed by atoms with Crippen molar-refractivity contribution in [2.24, 2.45) is 0 Å². The highest BCUT2D eigenvalue weighted by atomic mass is 35.5. The normalized spacial score (nSPS) is 16.5. The van der Waals surface area contributed by atoms with Crippen LogP contribution in [0.5, 0.6) is 0 Å². The largest absolute Gasteiger partial charge is 0.395 e. The van der Waals surface area contributed by atoms with E-state index in [1.807, 2.05) is 47.4 Å². The first-order valence-electron chi connectivity index (χ1n) is 9.09. The number of benzene rings is 2. The number of piperazine rings is 1. The minimum Gasteiger partial charge on any atom is -0.395 e. The van der Waals surface area contributed by atoms with Gasteiger partial charge in [-0.25, -0.2) is 0 Å². The summed E-state index contributed by atoms with van der Waals surface area (Å²) in [6, 6.07) is 17.9. The Labute approximate surface area is 160 Å². The fraction of sp³-hybridized carbons (Fsp3) is 0.381. The van der Waals surface area contributed by atoms with Crippen molar-refractivity contribution in [2.75, 3.05) is 39.3 Å². The highest BCUT2D eigenvalue weighted by molar-refractivity contribution is 6.31. The van der Waals surface area contributed by atoms with E-state index in [0.29, 0.717) is 31.1 Å². The van der Waals surface area contributed by atoms with Crippen LogP contribution in [0, 0.1) is 0 Å². The van der Waals surface area contributed by atoms with Crippen molar-refractivity contribution in [3.05, 3.63) is 70.7 Å². The van der Waals surface area contributed by atoms with Crippen LogP contribution in [0.25, 0.3) is 0 Å². The molecule has 0 saturated carbocycles. The number of carbonyl (C=O) groups is 1. The first-order valence-corrected chi connectivity index (χ1v) is 9.47. The van der Waals surface area contributed by atoms with Gasteiger partial charge in [0.05, 0.1) is 6.61 Å². The number of rotatable bonds is 6. The van der Waals surface area contributed by atoms with Gasteiger partial charge in [-0.1, -0.05) is 60.1 Å². The van der Waals surface area contributed by atoms with Gasteiger partial charge in [-0.3, -0.25) is 9.69 Å². The first-order chi connectivity index (χ1) is 12.7. The van der Waals surface area contributed by atoms with Gasteiger partial charge in [0, 0.05) is 50.1 Å². The summed E-state index contributed by atoms with van der Waals surface area (Å²) in [6.45, 7) is 3.89. The highest BCUT2D eigenvalue weighted by Gasteiger charge is 2.26. The van der Waals surface area contributed by atoms with Crippen LogP contribution in [-0.2, 0) is 4.79 Å². The Morgan fingerprint density at radius 3 is 2.31 bits per heavy atom. The van der Waals surface area contributed by atoms with E-state index in [2.05, 4.69) is 17.0 Å². The van der Waals surface area contributed by atoms with Gasteiger partial charge >= 0.3 is 0 Å². The number of amides is 1. The Hall–Kier alpha value is -1.88. The van der Waals surface area contributed by atoms with E-state index < -0.39 is 0 Å². The number of β-amino-alcohol motifs (C(OH)–C–C–N with tert-alkyl or cyclic N) is 1. The summed E-state index contributed by atoms with van der Waals surface area (Å²) in [5.74, 6) is 0.107. The standard InChI is InChI=1S/C21H25ClN2O2/c22-20-9-5-4-8-18(20)19(17-6-2-1-3-7-17)16-21(26)24-12-10-23(11-13-24)14-15-25/h1-9,19,25H,10-16H2/t19-/m0/s1. The van der Waals surface area contributed by atoms with Crippen molar-refractivity contribution in [3.8, 4) is 0 Å². The van der Waals surface area contributed by atoms with Gasteiger partial charge in [-0.15, -0.1) is 0 Å². The molecule has 1 N–H and O–H groups in total. The van der Waals surface area contributed by atoms with Crippen molar-refractivity contribution >= 4 is 17.5 Å². The van der Waals surface area contributed by atoms with Crippen molar-refractivity contribution in [1.82, 2.24) is 9.80 Å². The fourth-order valence-corrected chi connectivity index (χ4v) is 3.78. The predicted molar refractivity (Wildman–Crippen MR) is 104 cm³/mol. The fourth-order valence-electron chi connectivity index (χ4n) is 3.52. The zero-order chi connectivity index (χ0) is 18.4. The lowest BCUT2D eigenvalue weighted by atomic mass is 9.88. The predicted octanol–water partition coefficient (Wildman–Crippen LogP) is 3.00. The Morgan fingerprint density at radius 1 is 1.00 bits per heavy atom. The molecule has 1 saturated heterocycles. The second kappa shape index (κ2) is 9.17. The number of hydrogen-bond donors (Lipinski definition) is 1. The Bertz CT molecular complexity index is 715. The molecule has 3 rings (SSSR count). The van der Waals surface area contributed by atoms with Crippen LogP contribution in [0.4, 0.5) is 0 Å². The van der Waals surface area contributed by atoms with Crippen LogP contribution in [0.2, 0.25) is 5.02 Å². The molecule has 4 nitrogen and oxygen atoms in total. The minimum absolute atomic E-state index is 0.0483. The average Bonchev–Trinajstić information content (AvgIpc) is 2.68. The Morgan fingerprint density at radius 2 is 1.65 bits per heavy atom. The van der Waals surface area contributed by atoms with Gasteiger partial charge in [0.15, 0.2) is 0 Å². The molecule has 0 unspecified atom stereocenters. The molecule has 2 aromatic carbocycles. The number of carbonyl (C=O) groups excluding carboxylic acids is 1. The summed E-state index contributed by atoms with van der Waals surface area (Å²) in [4.78, 5) is 17.1. The molecule has 5 heteroatoms. The highest BCUT2D eigenvalue weighted by Crippen LogP contribution is 2.33. The van der Waals surface area contributed by atoms with Crippen LogP contribution in [-0.4, -0.2) is 60.1 Å². The van der Waals surface area contributed by atoms with E-state index in [4.69, 9.17) is 16.7 Å². The van der Waals surface area contributed by atoms with Gasteiger partial charge in [-0.2, -0.15) is 0 Å². The topological polar surface area (TPSA) is 43.8 Å². The van der Waals surface area contributed by atoms with Gasteiger partial charge < -0.3 is 10.0 Å². The molecule has 0 aromatic heterocycles. The Kier molecular flexibility index (Phi) is 6.67. The summed E-state index contributed by atoms with van der Waals surface area (Å²) in [5, 5.41) is 9.75. The molecular weight excluding hydrogens is 348 g/mol. The average molecular weight is 373 g/mol. The molecule has 0 aliphatic carbocycles. The maximum absolute atomic E-state index is 12.9. The zero-order valence-corrected chi connectivity index (χ0v) is 15.6. The third-order valence-electron chi connectivity index (χ3n) is 5.00. The second-order valence-electron chi connectivity index (χ2n) is 6.63. The summed E-state index contributed by atoms with van der Waals surface area (Å²) in [5.41, 5.74) is 2.10. The molecule has 1 aliphatic heterocycles. The summed E-state index contributed by atoms with van der Waals surface area (Å²) >= 11 is 6.44. The lowest BCUT2D eigenvalue weighted by Gasteiger charge is -2.35. The molecule has 26 heavy (non-hydrogen) atoms. The SMILES string of the molecule is O=C(C[C@@H](c1ccccc1)c1ccccc1Cl)N1CCN(CCO)CC1. The van der Waals surface area contributed by atoms with Crippen LogP contribution >= 0.6 is 11.6 Å². The number of nitrogens with zero attached hydrogens (tertiary/aromatic N) is 2. The quantitative estimate of drug-likeness (QED) is 0.847. The molecular formula is C21H25ClN2O2. The number of hydrogen-bond acceptors (Lipinski definition) is 3. The van der Waals surface area contributed by atoms with Crippen molar-refractivity contribution in [3.63, 3.8) is 0 Å². The maximum Gasteiger partial charge on any atom is 0.223 e. The minimum atomic E-state index is -0.0483. The van der Waals surface area contributed by atoms with Crippen molar-refractivity contribution in [1.29, 1.82) is 0 Å². The van der Waals surface area contributed by atoms with E-state index in [0.717, 1.165) is 24.2 Å². The third kappa shape index (κ3) is 4.64. The molecule has 0 radical (unpaired) electrons. The number of aliphatic hydroxyl groups is 1. The van der Waals surface area contributed by atoms with E-state index in [1.165, 1.54) is 0 Å². The van der Waals surface area contributed by atoms with E-state index in [-0.39, 0.29) is 18.4 Å². The first kappa shape index (κ1) is 18.9. The van der Waals surface area contributed by atoms with Crippen molar-refractivity contribution < 1.29 is 9.90 Å². The van der Waals surface area contributed by atoms with Crippen LogP contribution in [0.1, 0.15) is 23.5 Å². The van der Waals surface area contributed by atoms with E-state index >= 15 is 0 Å². The summed E-state index contributed by atoms with van der Waals surface area (Å²) in [7, 11) is 0. The number of aliphatic hydroxyl groups excluding tert-OH is 1. The molecule has 1 amide bonds. The molecule has 1 aliphatic rings. The van der Waals surface area contributed by atoms with Crippen molar-refractivity contribution in [2.45, 2.75) is 12.3 Å². The molecule has 1 fully saturated rings. The van der Waals surface area contributed by atoms with Gasteiger partial charge in [-0.05, 0) is 17.2 Å². The second-order valence-corrected chi connectivity index (χ2v) is 7.04. The molecule has 0 bridgehead atoms. The monoisotopic (exact) mass is 372 g/mol. The van der Waals surface area contributed by atoms with Crippen LogP contribution in [0.3, 0.4) is 0 Å². The van der Waals surface area contributed by atoms with Crippen LogP contribution < -0.4 is 0 Å². The van der Waals surface area contributed by atoms with Crippen LogP contribution in [0.15, 0.2) is 54.6 Å². The third-order valence-corrected chi connectivity index (χ3v) is 5.35. The molecule has 0 spiro atoms. The smallest absolute Gasteiger partial charge is 0.223 e. The number of halogens is 1. The summed E-state index contributed by atoms with van der Waals surface area (Å²) < 4.78 is 0.